The van der Waals surface area contributed by atoms with E-state index in [0.717, 1.165) is 22.5 Å². The molecule has 0 aliphatic heterocycles. The van der Waals surface area contributed by atoms with E-state index in [1.165, 1.54) is 11.8 Å². The summed E-state index contributed by atoms with van der Waals surface area (Å²) in [5, 5.41) is 12.3. The van der Waals surface area contributed by atoms with Gasteiger partial charge in [-0.25, -0.2) is 0 Å². The minimum Gasteiger partial charge on any atom is -0.495 e. The van der Waals surface area contributed by atoms with Gasteiger partial charge in [0.2, 0.25) is 5.91 Å². The first-order chi connectivity index (χ1) is 15.6. The van der Waals surface area contributed by atoms with Crippen LogP contribution in [0.25, 0.3) is 17.2 Å². The van der Waals surface area contributed by atoms with Gasteiger partial charge in [-0.3, -0.25) is 14.3 Å². The highest BCUT2D eigenvalue weighted by molar-refractivity contribution is 7.99. The number of hydrogen-bond donors (Lipinski definition) is 1. The quantitative estimate of drug-likeness (QED) is 0.416. The molecule has 0 aliphatic rings. The van der Waals surface area contributed by atoms with Crippen molar-refractivity contribution in [1.29, 1.82) is 0 Å². The molecule has 162 valence electrons. The highest BCUT2D eigenvalue weighted by Crippen LogP contribution is 2.32. The van der Waals surface area contributed by atoms with Crippen LogP contribution in [0.1, 0.15) is 11.1 Å². The molecule has 7 nitrogen and oxygen atoms in total. The average molecular weight is 446 g/mol. The fourth-order valence-corrected chi connectivity index (χ4v) is 4.07. The van der Waals surface area contributed by atoms with Gasteiger partial charge in [0, 0.05) is 11.9 Å². The second-order valence-corrected chi connectivity index (χ2v) is 8.13. The molecular formula is C24H23N5O2S. The third kappa shape index (κ3) is 4.65. The lowest BCUT2D eigenvalue weighted by Gasteiger charge is -2.13. The molecule has 2 aromatic carbocycles. The number of anilines is 1. The van der Waals surface area contributed by atoms with Crippen LogP contribution in [0.4, 0.5) is 5.69 Å². The first-order valence-electron chi connectivity index (χ1n) is 10.1. The standard InChI is InChI=1S/C24H23N5O2S/c1-16-11-12-18(17(2)14-16)26-22(30)15-32-24-28-27-23(19-8-6-7-13-25-19)29(24)20-9-4-5-10-21(20)31-3/h4-14H,15H2,1-3H3,(H,26,30). The van der Waals surface area contributed by atoms with E-state index in [9.17, 15) is 4.79 Å². The van der Waals surface area contributed by atoms with E-state index in [1.54, 1.807) is 13.3 Å². The van der Waals surface area contributed by atoms with Crippen molar-refractivity contribution in [1.82, 2.24) is 19.7 Å². The maximum atomic E-state index is 12.6. The lowest BCUT2D eigenvalue weighted by molar-refractivity contribution is -0.113. The summed E-state index contributed by atoms with van der Waals surface area (Å²) in [7, 11) is 1.62. The summed E-state index contributed by atoms with van der Waals surface area (Å²) in [6.07, 6.45) is 1.71. The summed E-state index contributed by atoms with van der Waals surface area (Å²) in [5.41, 5.74) is 4.44. The molecule has 0 fully saturated rings. The smallest absolute Gasteiger partial charge is 0.234 e. The lowest BCUT2D eigenvalue weighted by Crippen LogP contribution is -2.15. The molecule has 1 N–H and O–H groups in total. The van der Waals surface area contributed by atoms with Crippen LogP contribution < -0.4 is 10.1 Å². The number of thioether (sulfide) groups is 1. The number of benzene rings is 2. The SMILES string of the molecule is COc1ccccc1-n1c(SCC(=O)Nc2ccc(C)cc2C)nnc1-c1ccccn1. The Balaban J connectivity index is 1.62. The van der Waals surface area contributed by atoms with Gasteiger partial charge in [0.25, 0.3) is 0 Å². The number of pyridine rings is 1. The van der Waals surface area contributed by atoms with Crippen molar-refractivity contribution >= 4 is 23.4 Å². The Hall–Kier alpha value is -3.65. The summed E-state index contributed by atoms with van der Waals surface area (Å²) in [6.45, 7) is 4.01. The molecule has 0 unspecified atom stereocenters. The Morgan fingerprint density at radius 1 is 1.06 bits per heavy atom. The van der Waals surface area contributed by atoms with E-state index >= 15 is 0 Å². The van der Waals surface area contributed by atoms with Gasteiger partial charge < -0.3 is 10.1 Å². The minimum atomic E-state index is -0.115. The zero-order chi connectivity index (χ0) is 22.5. The number of rotatable bonds is 7. The molecule has 0 spiro atoms. The first-order valence-corrected chi connectivity index (χ1v) is 11.1. The predicted molar refractivity (Wildman–Crippen MR) is 126 cm³/mol. The Kier molecular flexibility index (Phi) is 6.51. The van der Waals surface area contributed by atoms with Crippen LogP contribution in [-0.4, -0.2) is 38.5 Å². The summed E-state index contributed by atoms with van der Waals surface area (Å²) in [5.74, 6) is 1.32. The van der Waals surface area contributed by atoms with Crippen molar-refractivity contribution < 1.29 is 9.53 Å². The van der Waals surface area contributed by atoms with Gasteiger partial charge in [-0.1, -0.05) is 47.7 Å². The molecule has 0 bridgehead atoms. The largest absolute Gasteiger partial charge is 0.495 e. The molecule has 0 saturated carbocycles. The van der Waals surface area contributed by atoms with Gasteiger partial charge in [-0.05, 0) is 49.7 Å². The highest BCUT2D eigenvalue weighted by atomic mass is 32.2. The van der Waals surface area contributed by atoms with Crippen molar-refractivity contribution in [2.24, 2.45) is 0 Å². The molecule has 4 rings (SSSR count). The van der Waals surface area contributed by atoms with Crippen LogP contribution >= 0.6 is 11.8 Å². The van der Waals surface area contributed by atoms with Gasteiger partial charge >= 0.3 is 0 Å². The number of para-hydroxylation sites is 2. The molecule has 32 heavy (non-hydrogen) atoms. The van der Waals surface area contributed by atoms with E-state index in [-0.39, 0.29) is 11.7 Å². The van der Waals surface area contributed by atoms with Crippen LogP contribution in [0.5, 0.6) is 5.75 Å². The zero-order valence-corrected chi connectivity index (χ0v) is 18.9. The number of carbonyl (C=O) groups excluding carboxylic acids is 1. The number of nitrogens with one attached hydrogen (secondary N) is 1. The van der Waals surface area contributed by atoms with E-state index in [4.69, 9.17) is 4.74 Å². The van der Waals surface area contributed by atoms with Gasteiger partial charge in [-0.15, -0.1) is 10.2 Å². The second-order valence-electron chi connectivity index (χ2n) is 7.18. The van der Waals surface area contributed by atoms with Crippen LogP contribution in [0.15, 0.2) is 72.0 Å². The van der Waals surface area contributed by atoms with Crippen molar-refractivity contribution in [2.45, 2.75) is 19.0 Å². The molecule has 2 heterocycles. The van der Waals surface area contributed by atoms with Crippen LogP contribution in [0, 0.1) is 13.8 Å². The Labute approximate surface area is 190 Å². The van der Waals surface area contributed by atoms with Gasteiger partial charge in [0.1, 0.15) is 11.4 Å². The Bertz CT molecular complexity index is 1240. The molecular weight excluding hydrogens is 422 g/mol. The van der Waals surface area contributed by atoms with Crippen LogP contribution in [0.2, 0.25) is 0 Å². The number of amides is 1. The monoisotopic (exact) mass is 445 g/mol. The number of aryl methyl sites for hydroxylation is 2. The minimum absolute atomic E-state index is 0.115. The molecule has 0 saturated heterocycles. The van der Waals surface area contributed by atoms with Crippen molar-refractivity contribution in [3.8, 4) is 23.0 Å². The molecule has 8 heteroatoms. The van der Waals surface area contributed by atoms with Crippen molar-refractivity contribution in [3.05, 3.63) is 78.0 Å². The molecule has 4 aromatic rings. The number of nitrogens with zero attached hydrogens (tertiary/aromatic N) is 4. The summed E-state index contributed by atoms with van der Waals surface area (Å²) in [6, 6.07) is 19.2. The van der Waals surface area contributed by atoms with Crippen molar-refractivity contribution in [2.75, 3.05) is 18.2 Å². The number of carbonyl (C=O) groups is 1. The topological polar surface area (TPSA) is 81.9 Å². The van der Waals surface area contributed by atoms with E-state index in [1.807, 2.05) is 79.1 Å². The van der Waals surface area contributed by atoms with Crippen LogP contribution in [0.3, 0.4) is 0 Å². The van der Waals surface area contributed by atoms with E-state index in [0.29, 0.717) is 22.4 Å². The number of hydrogen-bond acceptors (Lipinski definition) is 6. The van der Waals surface area contributed by atoms with Gasteiger partial charge in [-0.2, -0.15) is 0 Å². The Morgan fingerprint density at radius 3 is 2.62 bits per heavy atom. The molecule has 0 radical (unpaired) electrons. The van der Waals surface area contributed by atoms with Gasteiger partial charge in [0.15, 0.2) is 11.0 Å². The number of methoxy groups -OCH3 is 1. The fourth-order valence-electron chi connectivity index (χ4n) is 3.33. The summed E-state index contributed by atoms with van der Waals surface area (Å²) in [4.78, 5) is 17.1. The Morgan fingerprint density at radius 2 is 1.88 bits per heavy atom. The molecule has 2 aromatic heterocycles. The summed E-state index contributed by atoms with van der Waals surface area (Å²) < 4.78 is 7.43. The van der Waals surface area contributed by atoms with Crippen LogP contribution in [-0.2, 0) is 4.79 Å². The average Bonchev–Trinajstić information content (AvgIpc) is 3.24. The van der Waals surface area contributed by atoms with Crippen molar-refractivity contribution in [3.63, 3.8) is 0 Å². The highest BCUT2D eigenvalue weighted by Gasteiger charge is 2.20. The fraction of sp³-hybridized carbons (Fsp3) is 0.167. The predicted octanol–water partition coefficient (Wildman–Crippen LogP) is 4.69. The first kappa shape index (κ1) is 21.6. The second kappa shape index (κ2) is 9.65. The normalized spacial score (nSPS) is 10.7. The third-order valence-corrected chi connectivity index (χ3v) is 5.77. The maximum Gasteiger partial charge on any atom is 0.234 e. The summed E-state index contributed by atoms with van der Waals surface area (Å²) >= 11 is 1.31. The molecule has 0 aliphatic carbocycles. The molecule has 0 atom stereocenters. The third-order valence-electron chi connectivity index (χ3n) is 4.84. The van der Waals surface area contributed by atoms with E-state index < -0.39 is 0 Å². The number of ether oxygens (including phenoxy) is 1. The lowest BCUT2D eigenvalue weighted by atomic mass is 10.1. The maximum absolute atomic E-state index is 12.6. The van der Waals surface area contributed by atoms with E-state index in [2.05, 4.69) is 20.5 Å². The zero-order valence-electron chi connectivity index (χ0n) is 18.1. The number of aromatic nitrogens is 4. The van der Waals surface area contributed by atoms with Gasteiger partial charge in [0.05, 0.1) is 18.6 Å². The molecule has 1 amide bonds.